The summed E-state index contributed by atoms with van der Waals surface area (Å²) >= 11 is 6.50. The van der Waals surface area contributed by atoms with Gasteiger partial charge in [0.25, 0.3) is 0 Å². The quantitative estimate of drug-likeness (QED) is 0.799. The van der Waals surface area contributed by atoms with Crippen molar-refractivity contribution in [3.05, 3.63) is 33.8 Å². The molecule has 1 aromatic carbocycles. The van der Waals surface area contributed by atoms with E-state index in [4.69, 9.17) is 11.6 Å². The second kappa shape index (κ2) is 5.59. The molecule has 1 fully saturated rings. The lowest BCUT2D eigenvalue weighted by molar-refractivity contribution is -0.156. The molecule has 0 saturated heterocycles. The summed E-state index contributed by atoms with van der Waals surface area (Å²) in [5.74, 6) is -0.672. The molecule has 3 atom stereocenters. The van der Waals surface area contributed by atoms with Gasteiger partial charge in [0.1, 0.15) is 0 Å². The Kier molecular flexibility index (Phi) is 4.07. The van der Waals surface area contributed by atoms with Crippen molar-refractivity contribution in [2.45, 2.75) is 64.7 Å². The minimum Gasteiger partial charge on any atom is -0.481 e. The topological polar surface area (TPSA) is 54.4 Å². The Morgan fingerprint density at radius 2 is 1.96 bits per heavy atom. The summed E-state index contributed by atoms with van der Waals surface area (Å²) in [6.07, 6.45) is 2.69. The van der Waals surface area contributed by atoms with Gasteiger partial charge in [0, 0.05) is 17.0 Å². The maximum Gasteiger partial charge on any atom is 0.309 e. The van der Waals surface area contributed by atoms with E-state index in [1.165, 1.54) is 0 Å². The molecule has 2 aliphatic carbocycles. The second-order valence-corrected chi connectivity index (χ2v) is 8.65. The van der Waals surface area contributed by atoms with E-state index in [9.17, 15) is 14.7 Å². The Labute approximate surface area is 148 Å². The number of ketones is 1. The van der Waals surface area contributed by atoms with Crippen LogP contribution in [0.5, 0.6) is 0 Å². The molecule has 0 aromatic heterocycles. The minimum atomic E-state index is -0.858. The zero-order valence-corrected chi connectivity index (χ0v) is 15.5. The van der Waals surface area contributed by atoms with Crippen LogP contribution in [0.15, 0.2) is 12.1 Å². The number of hydrogen-bond donors (Lipinski definition) is 1. The summed E-state index contributed by atoms with van der Waals surface area (Å²) in [5.41, 5.74) is 1.52. The predicted octanol–water partition coefficient (Wildman–Crippen LogP) is 5.20. The van der Waals surface area contributed by atoms with E-state index >= 15 is 0 Å². The van der Waals surface area contributed by atoms with Crippen molar-refractivity contribution < 1.29 is 14.7 Å². The molecule has 0 aliphatic heterocycles. The van der Waals surface area contributed by atoms with Crippen LogP contribution < -0.4 is 0 Å². The van der Waals surface area contributed by atoms with Gasteiger partial charge in [-0.3, -0.25) is 9.59 Å². The standard InChI is InChI=1S/C20H25ClO3/c1-11(2)12-8-13-14(9-15(12)21)19(3)6-5-7-20(4,18(23)24)17(19)10-16(13)22/h8-9,11,17H,5-7,10H2,1-4H3,(H,23,24)/t17?,19-,20-/m1/s1. The molecule has 3 nitrogen and oxygen atoms in total. The fraction of sp³-hybridized carbons (Fsp3) is 0.600. The van der Waals surface area contributed by atoms with Crippen LogP contribution in [-0.4, -0.2) is 16.9 Å². The fourth-order valence-corrected chi connectivity index (χ4v) is 5.32. The molecule has 24 heavy (non-hydrogen) atoms. The van der Waals surface area contributed by atoms with E-state index < -0.39 is 11.4 Å². The Morgan fingerprint density at radius 3 is 2.54 bits per heavy atom. The molecule has 0 bridgehead atoms. The number of hydrogen-bond acceptors (Lipinski definition) is 2. The lowest BCUT2D eigenvalue weighted by atomic mass is 9.49. The first-order chi connectivity index (χ1) is 11.1. The van der Waals surface area contributed by atoms with Gasteiger partial charge in [-0.2, -0.15) is 0 Å². The number of carboxylic acids is 1. The van der Waals surface area contributed by atoms with Crippen molar-refractivity contribution in [1.29, 1.82) is 0 Å². The predicted molar refractivity (Wildman–Crippen MR) is 94.9 cm³/mol. The maximum atomic E-state index is 12.8. The first kappa shape index (κ1) is 17.5. The van der Waals surface area contributed by atoms with Crippen molar-refractivity contribution in [3.8, 4) is 0 Å². The van der Waals surface area contributed by atoms with Crippen molar-refractivity contribution >= 4 is 23.4 Å². The van der Waals surface area contributed by atoms with Gasteiger partial charge >= 0.3 is 5.97 Å². The molecule has 0 radical (unpaired) electrons. The smallest absolute Gasteiger partial charge is 0.309 e. The lowest BCUT2D eigenvalue weighted by Gasteiger charge is -2.53. The third-order valence-corrected chi connectivity index (χ3v) is 6.81. The number of halogens is 1. The van der Waals surface area contributed by atoms with E-state index in [-0.39, 0.29) is 23.0 Å². The highest BCUT2D eigenvalue weighted by atomic mass is 35.5. The molecule has 0 amide bonds. The summed E-state index contributed by atoms with van der Waals surface area (Å²) in [6.45, 7) is 8.05. The lowest BCUT2D eigenvalue weighted by Crippen LogP contribution is -2.53. The Balaban J connectivity index is 2.21. The van der Waals surface area contributed by atoms with E-state index in [0.29, 0.717) is 17.9 Å². The fourth-order valence-electron chi connectivity index (χ4n) is 4.93. The first-order valence-electron chi connectivity index (χ1n) is 8.72. The number of carboxylic acid groups (broad SMARTS) is 1. The summed E-state index contributed by atoms with van der Waals surface area (Å²) < 4.78 is 0. The zero-order chi connectivity index (χ0) is 17.9. The number of Topliss-reactive ketones (excluding diaryl/α,β-unsaturated/α-hetero) is 1. The molecule has 2 aliphatic rings. The van der Waals surface area contributed by atoms with Gasteiger partial charge in [0.15, 0.2) is 5.78 Å². The molecule has 0 spiro atoms. The number of rotatable bonds is 2. The van der Waals surface area contributed by atoms with Crippen LogP contribution in [0, 0.1) is 11.3 Å². The number of carbonyl (C=O) groups excluding carboxylic acids is 1. The van der Waals surface area contributed by atoms with Crippen molar-refractivity contribution in [1.82, 2.24) is 0 Å². The van der Waals surface area contributed by atoms with Crippen LogP contribution in [0.1, 0.15) is 80.8 Å². The summed E-state index contributed by atoms with van der Waals surface area (Å²) in [6, 6.07) is 3.88. The SMILES string of the molecule is CC(C)c1cc2c(cc1Cl)[C@@]1(C)CCC[C@@](C)(C(=O)O)C1CC2=O. The van der Waals surface area contributed by atoms with Crippen LogP contribution >= 0.6 is 11.6 Å². The van der Waals surface area contributed by atoms with E-state index in [0.717, 1.165) is 29.5 Å². The molecule has 130 valence electrons. The summed E-state index contributed by atoms with van der Waals surface area (Å²) in [5, 5.41) is 10.5. The van der Waals surface area contributed by atoms with Crippen LogP contribution in [0.3, 0.4) is 0 Å². The number of carbonyl (C=O) groups is 2. The molecule has 1 unspecified atom stereocenters. The van der Waals surface area contributed by atoms with Gasteiger partial charge in [0.05, 0.1) is 5.41 Å². The van der Waals surface area contributed by atoms with Crippen LogP contribution in [0.25, 0.3) is 0 Å². The third kappa shape index (κ3) is 2.32. The molecule has 1 aromatic rings. The third-order valence-electron chi connectivity index (χ3n) is 6.48. The average Bonchev–Trinajstić information content (AvgIpc) is 2.49. The largest absolute Gasteiger partial charge is 0.481 e. The first-order valence-corrected chi connectivity index (χ1v) is 9.09. The highest BCUT2D eigenvalue weighted by Crippen LogP contribution is 2.57. The van der Waals surface area contributed by atoms with Crippen LogP contribution in [0.4, 0.5) is 0 Å². The Bertz CT molecular complexity index is 724. The Morgan fingerprint density at radius 1 is 1.29 bits per heavy atom. The van der Waals surface area contributed by atoms with Gasteiger partial charge in [-0.1, -0.05) is 38.8 Å². The average molecular weight is 349 g/mol. The number of benzene rings is 1. The maximum absolute atomic E-state index is 12.8. The van der Waals surface area contributed by atoms with Gasteiger partial charge in [-0.15, -0.1) is 0 Å². The van der Waals surface area contributed by atoms with Gasteiger partial charge in [-0.05, 0) is 60.3 Å². The van der Waals surface area contributed by atoms with Crippen LogP contribution in [0.2, 0.25) is 5.02 Å². The van der Waals surface area contributed by atoms with E-state index in [1.54, 1.807) is 6.92 Å². The monoisotopic (exact) mass is 348 g/mol. The summed E-state index contributed by atoms with van der Waals surface area (Å²) in [7, 11) is 0. The van der Waals surface area contributed by atoms with Gasteiger partial charge < -0.3 is 5.11 Å². The van der Waals surface area contributed by atoms with Crippen molar-refractivity contribution in [2.75, 3.05) is 0 Å². The molecule has 3 rings (SSSR count). The summed E-state index contributed by atoms with van der Waals surface area (Å²) in [4.78, 5) is 24.8. The molecule has 4 heteroatoms. The molecule has 1 saturated carbocycles. The number of fused-ring (bicyclic) bond motifs is 3. The second-order valence-electron chi connectivity index (χ2n) is 8.25. The van der Waals surface area contributed by atoms with E-state index in [2.05, 4.69) is 20.8 Å². The highest BCUT2D eigenvalue weighted by molar-refractivity contribution is 6.31. The van der Waals surface area contributed by atoms with Crippen molar-refractivity contribution in [2.24, 2.45) is 11.3 Å². The highest BCUT2D eigenvalue weighted by Gasteiger charge is 2.57. The normalized spacial score (nSPS) is 32.4. The molecule has 0 heterocycles. The van der Waals surface area contributed by atoms with Gasteiger partial charge in [-0.25, -0.2) is 0 Å². The van der Waals surface area contributed by atoms with Gasteiger partial charge in [0.2, 0.25) is 0 Å². The zero-order valence-electron chi connectivity index (χ0n) is 14.8. The minimum absolute atomic E-state index is 0.0559. The number of aliphatic carboxylic acids is 1. The van der Waals surface area contributed by atoms with E-state index in [1.807, 2.05) is 12.1 Å². The molecule has 1 N–H and O–H groups in total. The Hall–Kier alpha value is -1.35. The van der Waals surface area contributed by atoms with Crippen LogP contribution in [-0.2, 0) is 10.2 Å². The van der Waals surface area contributed by atoms with Crippen molar-refractivity contribution in [3.63, 3.8) is 0 Å². The molecular weight excluding hydrogens is 324 g/mol. The molecular formula is C20H25ClO3.